The van der Waals surface area contributed by atoms with Crippen molar-refractivity contribution in [1.29, 1.82) is 0 Å². The quantitative estimate of drug-likeness (QED) is 0.0799. The van der Waals surface area contributed by atoms with Crippen molar-refractivity contribution in [2.75, 3.05) is 47.1 Å². The molecule has 280 valence electrons. The van der Waals surface area contributed by atoms with E-state index in [1.54, 1.807) is 5.57 Å². The predicted molar refractivity (Wildman–Crippen MR) is 205 cm³/mol. The lowest BCUT2D eigenvalue weighted by Gasteiger charge is -2.58. The van der Waals surface area contributed by atoms with E-state index in [0.717, 1.165) is 74.7 Å². The fourth-order valence-electron chi connectivity index (χ4n) is 11.3. The minimum Gasteiger partial charge on any atom is -0.379 e. The van der Waals surface area contributed by atoms with Gasteiger partial charge in [-0.15, -0.1) is 0 Å². The molecule has 0 saturated heterocycles. The highest BCUT2D eigenvalue weighted by Crippen LogP contribution is 2.67. The van der Waals surface area contributed by atoms with Gasteiger partial charge in [-0.1, -0.05) is 105 Å². The van der Waals surface area contributed by atoms with Gasteiger partial charge in [-0.25, -0.2) is 0 Å². The molecule has 0 amide bonds. The summed E-state index contributed by atoms with van der Waals surface area (Å²) in [6, 6.07) is 0. The highest BCUT2D eigenvalue weighted by molar-refractivity contribution is 5.25. The maximum absolute atomic E-state index is 6.55. The first kappa shape index (κ1) is 40.4. The van der Waals surface area contributed by atoms with Crippen LogP contribution in [0.3, 0.4) is 0 Å². The third kappa shape index (κ3) is 11.0. The average molecular weight is 672 g/mol. The maximum atomic E-state index is 6.55. The van der Waals surface area contributed by atoms with Crippen LogP contribution in [0.4, 0.5) is 0 Å². The van der Waals surface area contributed by atoms with Gasteiger partial charge in [0.2, 0.25) is 0 Å². The second-order valence-electron chi connectivity index (χ2n) is 18.3. The number of hydrogen-bond acceptors (Lipinski definition) is 4. The zero-order chi connectivity index (χ0) is 34.6. The van der Waals surface area contributed by atoms with Crippen molar-refractivity contribution in [2.45, 2.75) is 176 Å². The Morgan fingerprint density at radius 3 is 2.33 bits per heavy atom. The Morgan fingerprint density at radius 2 is 1.56 bits per heavy atom. The normalized spacial score (nSPS) is 33.0. The summed E-state index contributed by atoms with van der Waals surface area (Å²) < 4.78 is 18.9. The van der Waals surface area contributed by atoms with E-state index in [1.807, 2.05) is 0 Å². The maximum Gasteiger partial charge on any atom is 0.0934 e. The molecule has 3 unspecified atom stereocenters. The number of unbranched alkanes of at least 4 members (excludes halogenated alkanes) is 6. The van der Waals surface area contributed by atoms with Crippen molar-refractivity contribution in [3.63, 3.8) is 0 Å². The largest absolute Gasteiger partial charge is 0.379 e. The van der Waals surface area contributed by atoms with Gasteiger partial charge in [0, 0.05) is 26.4 Å². The van der Waals surface area contributed by atoms with Crippen molar-refractivity contribution in [3.8, 4) is 0 Å². The first-order valence-corrected chi connectivity index (χ1v) is 21.2. The Bertz CT molecular complexity index is 932. The van der Waals surface area contributed by atoms with E-state index < -0.39 is 0 Å². The number of rotatable bonds is 23. The molecule has 0 aromatic carbocycles. The van der Waals surface area contributed by atoms with Gasteiger partial charge in [0.15, 0.2) is 0 Å². The predicted octanol–water partition coefficient (Wildman–Crippen LogP) is 11.5. The van der Waals surface area contributed by atoms with Crippen LogP contribution in [0.2, 0.25) is 0 Å². The van der Waals surface area contributed by atoms with Crippen LogP contribution >= 0.6 is 0 Å². The molecule has 4 heteroatoms. The van der Waals surface area contributed by atoms with E-state index in [1.165, 1.54) is 109 Å². The smallest absolute Gasteiger partial charge is 0.0934 e. The summed E-state index contributed by atoms with van der Waals surface area (Å²) >= 11 is 0. The monoisotopic (exact) mass is 672 g/mol. The molecule has 0 bridgehead atoms. The van der Waals surface area contributed by atoms with Crippen LogP contribution in [0.15, 0.2) is 11.6 Å². The Hall–Kier alpha value is -0.420. The van der Waals surface area contributed by atoms with Gasteiger partial charge in [0.1, 0.15) is 0 Å². The Kier molecular flexibility index (Phi) is 16.8. The molecule has 0 aromatic rings. The topological polar surface area (TPSA) is 30.9 Å². The number of allylic oxidation sites excluding steroid dienone is 1. The molecular weight excluding hydrogens is 590 g/mol. The number of fused-ring (bicyclic) bond motifs is 5. The van der Waals surface area contributed by atoms with Crippen molar-refractivity contribution in [3.05, 3.63) is 11.6 Å². The summed E-state index contributed by atoms with van der Waals surface area (Å²) in [6.07, 6.45) is 28.6. The van der Waals surface area contributed by atoms with Crippen molar-refractivity contribution < 1.29 is 14.2 Å². The lowest BCUT2D eigenvalue weighted by molar-refractivity contribution is -0.0648. The number of ether oxygens (including phenoxy) is 3. The van der Waals surface area contributed by atoms with E-state index in [0.29, 0.717) is 23.5 Å². The molecule has 0 N–H and O–H groups in total. The highest BCUT2D eigenvalue weighted by Gasteiger charge is 2.59. The van der Waals surface area contributed by atoms with Crippen LogP contribution in [0.5, 0.6) is 0 Å². The SMILES string of the molecule is CCCCCCCCOC[C@H](CN(C)C)OCCCCO[C@H]1CC[C@@]2(C)C(=CCC3C2CC[C@@]2(C)C3CC[C@@H]2[C@H](C)CCCC(C)C)C1. The lowest BCUT2D eigenvalue weighted by Crippen LogP contribution is -2.51. The second-order valence-corrected chi connectivity index (χ2v) is 18.3. The summed E-state index contributed by atoms with van der Waals surface area (Å²) in [5.41, 5.74) is 2.75. The molecule has 0 heterocycles. The van der Waals surface area contributed by atoms with Gasteiger partial charge in [-0.05, 0) is 131 Å². The van der Waals surface area contributed by atoms with E-state index in [-0.39, 0.29) is 6.10 Å². The van der Waals surface area contributed by atoms with Crippen LogP contribution in [0, 0.1) is 46.3 Å². The lowest BCUT2D eigenvalue weighted by atomic mass is 9.47. The number of hydrogen-bond donors (Lipinski definition) is 0. The van der Waals surface area contributed by atoms with Crippen molar-refractivity contribution in [1.82, 2.24) is 4.90 Å². The van der Waals surface area contributed by atoms with Crippen molar-refractivity contribution in [2.24, 2.45) is 46.3 Å². The van der Waals surface area contributed by atoms with Crippen LogP contribution in [-0.2, 0) is 14.2 Å². The van der Waals surface area contributed by atoms with Crippen molar-refractivity contribution >= 4 is 0 Å². The van der Waals surface area contributed by atoms with Crippen LogP contribution in [-0.4, -0.2) is 64.2 Å². The molecule has 4 nitrogen and oxygen atoms in total. The summed E-state index contributed by atoms with van der Waals surface area (Å²) in [7, 11) is 4.25. The molecule has 4 rings (SSSR count). The fraction of sp³-hybridized carbons (Fsp3) is 0.955. The van der Waals surface area contributed by atoms with Gasteiger partial charge in [0.25, 0.3) is 0 Å². The molecule has 4 aliphatic rings. The first-order chi connectivity index (χ1) is 23.1. The molecule has 0 spiro atoms. The van der Waals surface area contributed by atoms with E-state index in [2.05, 4.69) is 66.6 Å². The Balaban J connectivity index is 1.15. The van der Waals surface area contributed by atoms with Crippen LogP contribution in [0.25, 0.3) is 0 Å². The number of nitrogens with zero attached hydrogens (tertiary/aromatic N) is 1. The summed E-state index contributed by atoms with van der Waals surface area (Å²) in [5, 5.41) is 0. The van der Waals surface area contributed by atoms with E-state index in [9.17, 15) is 0 Å². The van der Waals surface area contributed by atoms with Crippen LogP contribution in [0.1, 0.15) is 164 Å². The van der Waals surface area contributed by atoms with Gasteiger partial charge in [-0.3, -0.25) is 0 Å². The summed E-state index contributed by atoms with van der Waals surface area (Å²) in [6.45, 7) is 19.2. The van der Waals surface area contributed by atoms with Gasteiger partial charge in [-0.2, -0.15) is 0 Å². The standard InChI is InChI=1S/C44H81NO3/c1-9-10-11-12-13-14-28-46-33-38(32-45(7)8)48-30-16-15-29-47-37-24-26-43(5)36(31-37)20-21-39-41-23-22-40(35(4)19-17-18-34(2)3)44(41,6)27-25-42(39)43/h20,34-35,37-42H,9-19,21-33H2,1-8H3/t35-,37+,38+,39?,40-,41?,42?,43+,44-/m1/s1. The third-order valence-electron chi connectivity index (χ3n) is 14.0. The van der Waals surface area contributed by atoms with Crippen LogP contribution < -0.4 is 0 Å². The Morgan fingerprint density at radius 1 is 0.812 bits per heavy atom. The third-order valence-corrected chi connectivity index (χ3v) is 14.0. The highest BCUT2D eigenvalue weighted by atomic mass is 16.5. The second kappa shape index (κ2) is 20.0. The molecule has 0 aliphatic heterocycles. The molecule has 4 aliphatic carbocycles. The zero-order valence-corrected chi connectivity index (χ0v) is 33.3. The van der Waals surface area contributed by atoms with Gasteiger partial charge >= 0.3 is 0 Å². The number of likely N-dealkylation sites (N-methyl/N-ethyl adjacent to an activating group) is 1. The summed E-state index contributed by atoms with van der Waals surface area (Å²) in [5.74, 6) is 5.45. The molecule has 3 fully saturated rings. The molecule has 3 saturated carbocycles. The fourth-order valence-corrected chi connectivity index (χ4v) is 11.3. The summed E-state index contributed by atoms with van der Waals surface area (Å²) in [4.78, 5) is 2.22. The molecule has 48 heavy (non-hydrogen) atoms. The molecule has 0 aromatic heterocycles. The minimum atomic E-state index is 0.157. The van der Waals surface area contributed by atoms with E-state index in [4.69, 9.17) is 14.2 Å². The first-order valence-electron chi connectivity index (χ1n) is 21.2. The minimum absolute atomic E-state index is 0.157. The molecule has 0 radical (unpaired) electrons. The van der Waals surface area contributed by atoms with Gasteiger partial charge in [0.05, 0.1) is 18.8 Å². The Labute approximate surface area is 299 Å². The van der Waals surface area contributed by atoms with E-state index >= 15 is 0 Å². The van der Waals surface area contributed by atoms with Gasteiger partial charge < -0.3 is 19.1 Å². The molecular formula is C44H81NO3. The average Bonchev–Trinajstić information content (AvgIpc) is 3.40. The zero-order valence-electron chi connectivity index (χ0n) is 33.3. The molecule has 9 atom stereocenters.